The van der Waals surface area contributed by atoms with Gasteiger partial charge in [0.25, 0.3) is 5.91 Å². The van der Waals surface area contributed by atoms with E-state index in [1.165, 1.54) is 19.0 Å². The van der Waals surface area contributed by atoms with E-state index >= 15 is 0 Å². The highest BCUT2D eigenvalue weighted by atomic mass is 16.6. The number of benzene rings is 1. The molecule has 0 saturated heterocycles. The molecule has 1 aromatic rings. The Morgan fingerprint density at radius 1 is 0.919 bits per heavy atom. The number of carbonyl (C=O) groups excluding carboxylic acids is 4. The summed E-state index contributed by atoms with van der Waals surface area (Å²) >= 11 is 0. The zero-order chi connectivity index (χ0) is 27.3. The largest absolute Gasteiger partial charge is 0.379 e. The standard InChI is InChI=1S/C26H41N3O8/c1-27-10-13-35-15-17-37-19-18-36-16-14-34-12-9-21-6-4-7-22(20-31)24(21)26(33)29(3)23(8-5-11-30)25(32)28-2/h4,6-7,11,20,23,27H,5,8-10,12-19H2,1-3H3,(H,28,32). The summed E-state index contributed by atoms with van der Waals surface area (Å²) in [7, 11) is 4.83. The van der Waals surface area contributed by atoms with Gasteiger partial charge in [0.2, 0.25) is 5.91 Å². The molecule has 0 aliphatic heterocycles. The van der Waals surface area contributed by atoms with Crippen LogP contribution in [0.5, 0.6) is 0 Å². The molecule has 0 aliphatic carbocycles. The highest BCUT2D eigenvalue weighted by Gasteiger charge is 2.29. The van der Waals surface area contributed by atoms with E-state index in [4.69, 9.17) is 18.9 Å². The van der Waals surface area contributed by atoms with Gasteiger partial charge in [-0.1, -0.05) is 18.2 Å². The smallest absolute Gasteiger partial charge is 0.255 e. The maximum absolute atomic E-state index is 13.3. The number of nitrogens with one attached hydrogen (secondary N) is 2. The molecule has 1 rings (SSSR count). The molecule has 37 heavy (non-hydrogen) atoms. The maximum atomic E-state index is 13.3. The molecule has 0 aliphatic rings. The summed E-state index contributed by atoms with van der Waals surface area (Å²) in [6.07, 6.45) is 2.03. The summed E-state index contributed by atoms with van der Waals surface area (Å²) in [5, 5.41) is 5.52. The number of carbonyl (C=O) groups is 4. The lowest BCUT2D eigenvalue weighted by Crippen LogP contribution is -2.47. The van der Waals surface area contributed by atoms with E-state index in [1.54, 1.807) is 18.2 Å². The van der Waals surface area contributed by atoms with Gasteiger partial charge < -0.3 is 39.3 Å². The molecule has 1 aromatic carbocycles. The number of ether oxygens (including phenoxy) is 4. The average molecular weight is 524 g/mol. The summed E-state index contributed by atoms with van der Waals surface area (Å²) in [4.78, 5) is 49.4. The molecule has 2 N–H and O–H groups in total. The van der Waals surface area contributed by atoms with Crippen molar-refractivity contribution < 1.29 is 38.1 Å². The van der Waals surface area contributed by atoms with Crippen LogP contribution in [0.2, 0.25) is 0 Å². The van der Waals surface area contributed by atoms with Crippen molar-refractivity contribution in [2.45, 2.75) is 25.3 Å². The van der Waals surface area contributed by atoms with Crippen LogP contribution in [0.15, 0.2) is 18.2 Å². The minimum absolute atomic E-state index is 0.130. The minimum atomic E-state index is -0.835. The summed E-state index contributed by atoms with van der Waals surface area (Å²) in [6, 6.07) is 4.18. The van der Waals surface area contributed by atoms with Crippen molar-refractivity contribution in [3.05, 3.63) is 34.9 Å². The molecule has 0 bridgehead atoms. The quantitative estimate of drug-likeness (QED) is 0.165. The van der Waals surface area contributed by atoms with Crippen LogP contribution in [0.3, 0.4) is 0 Å². The van der Waals surface area contributed by atoms with E-state index in [-0.39, 0.29) is 29.9 Å². The summed E-state index contributed by atoms with van der Waals surface area (Å²) in [5.74, 6) is -0.845. The van der Waals surface area contributed by atoms with Crippen LogP contribution in [0.25, 0.3) is 0 Å². The average Bonchev–Trinajstić information content (AvgIpc) is 2.92. The van der Waals surface area contributed by atoms with Crippen molar-refractivity contribution in [3.63, 3.8) is 0 Å². The first-order chi connectivity index (χ1) is 18.0. The van der Waals surface area contributed by atoms with Crippen LogP contribution in [0, 0.1) is 0 Å². The van der Waals surface area contributed by atoms with Crippen LogP contribution < -0.4 is 10.6 Å². The molecule has 0 fully saturated rings. The van der Waals surface area contributed by atoms with E-state index in [2.05, 4.69) is 10.6 Å². The van der Waals surface area contributed by atoms with Crippen LogP contribution in [-0.2, 0) is 35.0 Å². The van der Waals surface area contributed by atoms with Gasteiger partial charge in [-0.2, -0.15) is 0 Å². The monoisotopic (exact) mass is 523 g/mol. The molecule has 0 saturated carbocycles. The van der Waals surface area contributed by atoms with Gasteiger partial charge in [0.1, 0.15) is 12.3 Å². The van der Waals surface area contributed by atoms with Crippen LogP contribution in [0.1, 0.15) is 39.1 Å². The Bertz CT molecular complexity index is 821. The third kappa shape index (κ3) is 12.4. The van der Waals surface area contributed by atoms with Gasteiger partial charge >= 0.3 is 0 Å². The van der Waals surface area contributed by atoms with Crippen molar-refractivity contribution in [1.29, 1.82) is 0 Å². The van der Waals surface area contributed by atoms with Gasteiger partial charge in [-0.3, -0.25) is 14.4 Å². The number of likely N-dealkylation sites (N-methyl/N-ethyl adjacent to an activating group) is 3. The van der Waals surface area contributed by atoms with Crippen LogP contribution in [-0.4, -0.2) is 116 Å². The topological polar surface area (TPSA) is 132 Å². The predicted octanol–water partition coefficient (Wildman–Crippen LogP) is 0.493. The van der Waals surface area contributed by atoms with Gasteiger partial charge in [0.05, 0.1) is 58.4 Å². The second-order valence-corrected chi connectivity index (χ2v) is 8.09. The van der Waals surface area contributed by atoms with Crippen molar-refractivity contribution in [2.24, 2.45) is 0 Å². The lowest BCUT2D eigenvalue weighted by atomic mass is 9.97. The molecule has 208 valence electrons. The maximum Gasteiger partial charge on any atom is 0.255 e. The first kappa shape index (κ1) is 32.3. The Hall–Kier alpha value is -2.70. The minimum Gasteiger partial charge on any atom is -0.379 e. The number of nitrogens with zero attached hydrogens (tertiary/aromatic N) is 1. The Kier molecular flexibility index (Phi) is 17.8. The number of hydrogen-bond acceptors (Lipinski definition) is 9. The van der Waals surface area contributed by atoms with Crippen LogP contribution >= 0.6 is 0 Å². The molecule has 1 unspecified atom stereocenters. The van der Waals surface area contributed by atoms with E-state index in [0.717, 1.165) is 6.54 Å². The Morgan fingerprint density at radius 2 is 1.51 bits per heavy atom. The van der Waals surface area contributed by atoms with Crippen LogP contribution in [0.4, 0.5) is 0 Å². The molecule has 1 atom stereocenters. The van der Waals surface area contributed by atoms with Crippen molar-refractivity contribution >= 4 is 24.4 Å². The number of rotatable bonds is 22. The van der Waals surface area contributed by atoms with Gasteiger partial charge in [-0.05, 0) is 25.5 Å². The second kappa shape index (κ2) is 20.4. The normalized spacial score (nSPS) is 11.6. The first-order valence-electron chi connectivity index (χ1n) is 12.5. The molecule has 11 heteroatoms. The Labute approximate surface area is 219 Å². The fourth-order valence-corrected chi connectivity index (χ4v) is 3.52. The zero-order valence-electron chi connectivity index (χ0n) is 22.2. The lowest BCUT2D eigenvalue weighted by Gasteiger charge is -2.27. The number of amides is 2. The van der Waals surface area contributed by atoms with Crippen molar-refractivity contribution in [3.8, 4) is 0 Å². The molecule has 2 amide bonds. The highest BCUT2D eigenvalue weighted by Crippen LogP contribution is 2.19. The first-order valence-corrected chi connectivity index (χ1v) is 12.5. The van der Waals surface area contributed by atoms with Gasteiger partial charge in [0.15, 0.2) is 6.29 Å². The fraction of sp³-hybridized carbons (Fsp3) is 0.615. The SMILES string of the molecule is CNCCOCCOCCOCCOCCc1cccc(C=O)c1C(=O)N(C)C(CCC=O)C(=O)NC. The van der Waals surface area contributed by atoms with E-state index in [1.807, 2.05) is 7.05 Å². The summed E-state index contributed by atoms with van der Waals surface area (Å²) in [5.41, 5.74) is 1.10. The third-order valence-corrected chi connectivity index (χ3v) is 5.55. The molecular weight excluding hydrogens is 482 g/mol. The van der Waals surface area contributed by atoms with E-state index in [0.29, 0.717) is 77.4 Å². The predicted molar refractivity (Wildman–Crippen MR) is 138 cm³/mol. The summed E-state index contributed by atoms with van der Waals surface area (Å²) < 4.78 is 21.9. The Morgan fingerprint density at radius 3 is 2.05 bits per heavy atom. The molecule has 0 aromatic heterocycles. The van der Waals surface area contributed by atoms with Crippen molar-refractivity contribution in [1.82, 2.24) is 15.5 Å². The van der Waals surface area contributed by atoms with E-state index in [9.17, 15) is 19.2 Å². The van der Waals surface area contributed by atoms with E-state index < -0.39 is 11.9 Å². The van der Waals surface area contributed by atoms with Gasteiger partial charge in [0, 0.05) is 32.6 Å². The van der Waals surface area contributed by atoms with Crippen molar-refractivity contribution in [2.75, 3.05) is 80.5 Å². The molecular formula is C26H41N3O8. The molecule has 0 radical (unpaired) electrons. The molecule has 0 spiro atoms. The number of hydrogen-bond donors (Lipinski definition) is 2. The van der Waals surface area contributed by atoms with Gasteiger partial charge in [-0.15, -0.1) is 0 Å². The third-order valence-electron chi connectivity index (χ3n) is 5.55. The Balaban J connectivity index is 2.51. The highest BCUT2D eigenvalue weighted by molar-refractivity contribution is 6.04. The molecule has 11 nitrogen and oxygen atoms in total. The lowest BCUT2D eigenvalue weighted by molar-refractivity contribution is -0.125. The van der Waals surface area contributed by atoms with Gasteiger partial charge in [-0.25, -0.2) is 0 Å². The number of aldehydes is 2. The second-order valence-electron chi connectivity index (χ2n) is 8.09. The molecule has 0 heterocycles. The fourth-order valence-electron chi connectivity index (χ4n) is 3.52. The zero-order valence-corrected chi connectivity index (χ0v) is 22.2. The summed E-state index contributed by atoms with van der Waals surface area (Å²) in [6.45, 7) is 4.52.